The zero-order valence-electron chi connectivity index (χ0n) is 52.1. The third-order valence-electron chi connectivity index (χ3n) is 22.0. The average Bonchev–Trinajstić information content (AvgIpc) is 3.91. The third kappa shape index (κ3) is 7.41. The van der Waals surface area contributed by atoms with Crippen LogP contribution in [0.2, 0.25) is 0 Å². The van der Waals surface area contributed by atoms with Crippen LogP contribution in [0.15, 0.2) is 138 Å². The van der Waals surface area contributed by atoms with Gasteiger partial charge in [0.1, 0.15) is 11.2 Å². The Kier molecular flexibility index (Phi) is 10.8. The normalized spacial score (nSPS) is 19.3. The lowest BCUT2D eigenvalue weighted by Crippen LogP contribution is -2.61. The molecule has 0 amide bonds. The Balaban J connectivity index is 1.10. The number of hydrogen-bond acceptors (Lipinski definition) is 5. The standard InChI is InChI=1S/C78H79BN2OS2/c1-72(2,3)45-25-28-59(48(35-45)44-21-17-16-18-22-44)80-61-43-66-67(47-23-19-20-24-63(47)83-66)68-51-40-64-50(49-37-55-58(42-65(49)84-64)78(14,15)34-32-75(55,8)9)39-60(51)81(46-26-27-53-54(36-46)74(6,7)30-29-73(53,4)5)79(69(61)68)71-70(80)52-38-56-57(41-62(52)82-71)77(12,13)33-31-76(56,10)11/h16-28,35-43H,29-34H2,1-15H3. The maximum Gasteiger partial charge on any atom is 0.375 e. The van der Waals surface area contributed by atoms with Crippen molar-refractivity contribution in [2.75, 3.05) is 9.71 Å². The topological polar surface area (TPSA) is 19.6 Å². The highest BCUT2D eigenvalue weighted by molar-refractivity contribution is 7.26. The van der Waals surface area contributed by atoms with Gasteiger partial charge in [0.2, 0.25) is 0 Å². The Morgan fingerprint density at radius 1 is 0.440 bits per heavy atom. The molecule has 5 heterocycles. The number of hydrogen-bond donors (Lipinski definition) is 0. The van der Waals surface area contributed by atoms with Crippen LogP contribution >= 0.6 is 22.7 Å². The van der Waals surface area contributed by atoms with Crippen LogP contribution in [0.25, 0.3) is 73.6 Å². The van der Waals surface area contributed by atoms with Gasteiger partial charge in [0.15, 0.2) is 0 Å². The number of anilines is 5. The highest BCUT2D eigenvalue weighted by Crippen LogP contribution is 2.59. The van der Waals surface area contributed by atoms with Crippen LogP contribution in [0, 0.1) is 0 Å². The lowest BCUT2D eigenvalue weighted by atomic mass is 9.45. The van der Waals surface area contributed by atoms with Crippen LogP contribution in [0.3, 0.4) is 0 Å². The minimum Gasteiger partial charge on any atom is -0.466 e. The quantitative estimate of drug-likeness (QED) is 0.164. The molecular weight excluding hydrogens is 1060 g/mol. The van der Waals surface area contributed by atoms with Gasteiger partial charge in [-0.15, -0.1) is 22.7 Å². The van der Waals surface area contributed by atoms with E-state index in [1.54, 1.807) is 0 Å². The van der Waals surface area contributed by atoms with E-state index in [1.165, 1.54) is 154 Å². The Labute approximate surface area is 506 Å². The van der Waals surface area contributed by atoms with Gasteiger partial charge < -0.3 is 14.1 Å². The summed E-state index contributed by atoms with van der Waals surface area (Å²) in [6, 6.07) is 53.5. The molecule has 0 fully saturated rings. The molecule has 3 nitrogen and oxygen atoms in total. The molecule has 6 heteroatoms. The lowest BCUT2D eigenvalue weighted by molar-refractivity contribution is 0.332. The summed E-state index contributed by atoms with van der Waals surface area (Å²) in [4.78, 5) is 5.47. The fourth-order valence-electron chi connectivity index (χ4n) is 16.4. The molecule has 0 radical (unpaired) electrons. The summed E-state index contributed by atoms with van der Waals surface area (Å²) < 4.78 is 13.4. The fraction of sp³-hybridized carbons (Fsp3) is 0.359. The molecular formula is C78H79BN2OS2. The van der Waals surface area contributed by atoms with Gasteiger partial charge in [0.05, 0.1) is 11.4 Å². The van der Waals surface area contributed by atoms with E-state index in [-0.39, 0.29) is 44.8 Å². The molecule has 11 aromatic rings. The zero-order chi connectivity index (χ0) is 58.3. The third-order valence-corrected chi connectivity index (χ3v) is 24.2. The predicted molar refractivity (Wildman–Crippen MR) is 366 cm³/mol. The maximum atomic E-state index is 8.05. The van der Waals surface area contributed by atoms with Gasteiger partial charge in [0.25, 0.3) is 0 Å². The van der Waals surface area contributed by atoms with E-state index in [9.17, 15) is 0 Å². The van der Waals surface area contributed by atoms with Gasteiger partial charge >= 0.3 is 6.85 Å². The first kappa shape index (κ1) is 52.9. The van der Waals surface area contributed by atoms with Gasteiger partial charge in [-0.3, -0.25) is 0 Å². The summed E-state index contributed by atoms with van der Waals surface area (Å²) in [7, 11) is 0. The van der Waals surface area contributed by atoms with Crippen LogP contribution in [0.5, 0.6) is 0 Å². The molecule has 0 bridgehead atoms. The number of rotatable bonds is 3. The summed E-state index contributed by atoms with van der Waals surface area (Å²) >= 11 is 3.94. The SMILES string of the molecule is CC(C)(C)c1ccc(N2c3cc4sc5ccccc5c4c4c3B(c3oc5cc6c(cc5c32)C(C)(C)CCC6(C)C)N(c2ccc3c(c2)C(C)(C)CCC3(C)C)c2cc3c(cc2-4)sc2cc4c(cc23)C(C)(C)CCC4(C)C)c(-c2ccccc2)c1. The summed E-state index contributed by atoms with van der Waals surface area (Å²) in [6.07, 6.45) is 6.95. The van der Waals surface area contributed by atoms with Gasteiger partial charge in [0, 0.05) is 73.9 Å². The van der Waals surface area contributed by atoms with Crippen molar-refractivity contribution in [3.63, 3.8) is 0 Å². The highest BCUT2D eigenvalue weighted by atomic mass is 32.1. The molecule has 0 spiro atoms. The molecule has 84 heavy (non-hydrogen) atoms. The molecule has 0 unspecified atom stereocenters. The van der Waals surface area contributed by atoms with Gasteiger partial charge in [-0.25, -0.2) is 0 Å². The second-order valence-corrected chi connectivity index (χ2v) is 33.4. The van der Waals surface area contributed by atoms with Crippen molar-refractivity contribution in [1.29, 1.82) is 0 Å². The summed E-state index contributed by atoms with van der Waals surface area (Å²) in [6.45, 7) is 36.4. The Morgan fingerprint density at radius 3 is 1.67 bits per heavy atom. The number of fused-ring (bicyclic) bond motifs is 16. The number of nitrogens with zero attached hydrogens (tertiary/aromatic N) is 2. The molecule has 3 aliphatic carbocycles. The van der Waals surface area contributed by atoms with Crippen LogP contribution in [0.4, 0.5) is 28.4 Å². The largest absolute Gasteiger partial charge is 0.466 e. The molecule has 2 aliphatic heterocycles. The smallest absolute Gasteiger partial charge is 0.375 e. The van der Waals surface area contributed by atoms with Crippen LogP contribution in [-0.4, -0.2) is 6.85 Å². The van der Waals surface area contributed by atoms with Gasteiger partial charge in [-0.1, -0.05) is 165 Å². The molecule has 5 aliphatic rings. The van der Waals surface area contributed by atoms with Crippen molar-refractivity contribution < 1.29 is 4.42 Å². The van der Waals surface area contributed by atoms with Gasteiger partial charge in [-0.05, 0) is 205 Å². The fourth-order valence-corrected chi connectivity index (χ4v) is 18.7. The molecule has 8 aromatic carbocycles. The molecule has 16 rings (SSSR count). The predicted octanol–water partition coefficient (Wildman–Crippen LogP) is 21.9. The first-order valence-corrected chi connectivity index (χ1v) is 32.9. The van der Waals surface area contributed by atoms with E-state index in [0.717, 1.165) is 36.2 Å². The number of furan rings is 1. The molecule has 0 saturated heterocycles. The van der Waals surface area contributed by atoms with E-state index in [1.807, 2.05) is 22.7 Å². The zero-order valence-corrected chi connectivity index (χ0v) is 53.8. The molecule has 0 N–H and O–H groups in total. The van der Waals surface area contributed by atoms with Crippen molar-refractivity contribution >= 4 is 120 Å². The Bertz CT molecular complexity index is 4680. The Morgan fingerprint density at radius 2 is 1.00 bits per heavy atom. The first-order valence-electron chi connectivity index (χ1n) is 31.3. The number of benzene rings is 8. The van der Waals surface area contributed by atoms with E-state index in [0.29, 0.717) is 0 Å². The van der Waals surface area contributed by atoms with Crippen LogP contribution in [0.1, 0.15) is 181 Å². The van der Waals surface area contributed by atoms with Crippen molar-refractivity contribution in [2.45, 2.75) is 180 Å². The van der Waals surface area contributed by atoms with Crippen molar-refractivity contribution in [2.24, 2.45) is 0 Å². The second-order valence-electron chi connectivity index (χ2n) is 31.2. The molecule has 422 valence electrons. The van der Waals surface area contributed by atoms with Crippen molar-refractivity contribution in [3.8, 4) is 22.3 Å². The second kappa shape index (κ2) is 17.1. The summed E-state index contributed by atoms with van der Waals surface area (Å²) in [5.74, 6) is 0. The average molecular weight is 1140 g/mol. The minimum absolute atomic E-state index is 0.00286. The molecule has 0 atom stereocenters. The van der Waals surface area contributed by atoms with Crippen molar-refractivity contribution in [1.82, 2.24) is 0 Å². The van der Waals surface area contributed by atoms with E-state index in [4.69, 9.17) is 4.42 Å². The Hall–Kier alpha value is -6.60. The minimum atomic E-state index is -0.316. The summed E-state index contributed by atoms with van der Waals surface area (Å²) in [5, 5.41) is 6.57. The van der Waals surface area contributed by atoms with Crippen LogP contribution in [-0.2, 0) is 37.9 Å². The summed E-state index contributed by atoms with van der Waals surface area (Å²) in [5.41, 5.74) is 24.7. The monoisotopic (exact) mass is 1130 g/mol. The molecule has 0 saturated carbocycles. The molecule has 3 aromatic heterocycles. The van der Waals surface area contributed by atoms with Crippen LogP contribution < -0.4 is 20.8 Å². The highest BCUT2D eigenvalue weighted by Gasteiger charge is 2.52. The van der Waals surface area contributed by atoms with E-state index in [2.05, 4.69) is 247 Å². The van der Waals surface area contributed by atoms with Crippen molar-refractivity contribution in [3.05, 3.63) is 172 Å². The first-order chi connectivity index (χ1) is 39.7. The lowest BCUT2D eigenvalue weighted by Gasteiger charge is -2.46. The van der Waals surface area contributed by atoms with E-state index >= 15 is 0 Å². The maximum absolute atomic E-state index is 8.05. The van der Waals surface area contributed by atoms with Gasteiger partial charge in [-0.2, -0.15) is 0 Å². The van der Waals surface area contributed by atoms with E-state index < -0.39 is 0 Å². The number of thiophene rings is 2.